The molecular weight excluding hydrogens is 126 g/mol. The SMILES string of the molecule is CC[N+](CC)(CC)C(=N)N. The molecule has 0 aliphatic heterocycles. The first kappa shape index (κ1) is 9.43. The predicted octanol–water partition coefficient (Wildman–Crippen LogP) is 0.756. The molecule has 0 atom stereocenters. The van der Waals surface area contributed by atoms with E-state index in [0.29, 0.717) is 4.48 Å². The molecule has 3 N–H and O–H groups in total. The fraction of sp³-hybridized carbons (Fsp3) is 0.857. The lowest BCUT2D eigenvalue weighted by Gasteiger charge is -2.32. The molecule has 0 fully saturated rings. The first-order valence-corrected chi connectivity index (χ1v) is 3.83. The van der Waals surface area contributed by atoms with Crippen molar-refractivity contribution in [1.29, 1.82) is 5.41 Å². The van der Waals surface area contributed by atoms with E-state index in [9.17, 15) is 0 Å². The molecule has 0 aromatic rings. The lowest BCUT2D eigenvalue weighted by Crippen LogP contribution is -2.55. The Hall–Kier alpha value is -0.570. The zero-order chi connectivity index (χ0) is 8.20. The van der Waals surface area contributed by atoms with Crippen LogP contribution in [0, 0.1) is 5.41 Å². The second-order valence-corrected chi connectivity index (χ2v) is 2.48. The minimum atomic E-state index is 0.285. The lowest BCUT2D eigenvalue weighted by atomic mass is 10.4. The molecule has 0 rings (SSSR count). The molecule has 0 amide bonds. The summed E-state index contributed by atoms with van der Waals surface area (Å²) in [7, 11) is 0. The van der Waals surface area contributed by atoms with Crippen LogP contribution in [0.2, 0.25) is 0 Å². The standard InChI is InChI=1S/C7H18N3/c1-4-10(5-2,6-3)7(8)9/h4-6H2,1-3H3,(H3,8,9)/q+1. The molecule has 0 aliphatic carbocycles. The molecule has 0 heterocycles. The largest absolute Gasteiger partial charge is 0.338 e. The van der Waals surface area contributed by atoms with Gasteiger partial charge in [-0.1, -0.05) is 0 Å². The van der Waals surface area contributed by atoms with Crippen molar-refractivity contribution in [3.8, 4) is 0 Å². The maximum Gasteiger partial charge on any atom is 0.292 e. The van der Waals surface area contributed by atoms with Gasteiger partial charge in [0, 0.05) is 0 Å². The van der Waals surface area contributed by atoms with Crippen LogP contribution in [0.1, 0.15) is 20.8 Å². The van der Waals surface area contributed by atoms with E-state index in [4.69, 9.17) is 11.1 Å². The van der Waals surface area contributed by atoms with Gasteiger partial charge in [0.2, 0.25) is 0 Å². The Labute approximate surface area is 62.9 Å². The number of guanidine groups is 1. The highest BCUT2D eigenvalue weighted by molar-refractivity contribution is 5.67. The maximum atomic E-state index is 7.35. The molecule has 0 radical (unpaired) electrons. The highest BCUT2D eigenvalue weighted by Crippen LogP contribution is 2.02. The number of hydrogen-bond donors (Lipinski definition) is 2. The van der Waals surface area contributed by atoms with Crippen molar-refractivity contribution in [2.75, 3.05) is 19.6 Å². The molecule has 0 spiro atoms. The van der Waals surface area contributed by atoms with Crippen LogP contribution in [0.5, 0.6) is 0 Å². The molecule has 0 aromatic carbocycles. The van der Waals surface area contributed by atoms with E-state index in [0.717, 1.165) is 19.6 Å². The molecule has 60 valence electrons. The van der Waals surface area contributed by atoms with Crippen molar-refractivity contribution in [3.63, 3.8) is 0 Å². The third-order valence-electron chi connectivity index (χ3n) is 2.33. The van der Waals surface area contributed by atoms with E-state index in [-0.39, 0.29) is 5.96 Å². The number of quaternary nitrogens is 1. The van der Waals surface area contributed by atoms with Crippen LogP contribution in [0.15, 0.2) is 0 Å². The highest BCUT2D eigenvalue weighted by atomic mass is 15.4. The van der Waals surface area contributed by atoms with Gasteiger partial charge in [0.25, 0.3) is 5.96 Å². The van der Waals surface area contributed by atoms with E-state index < -0.39 is 0 Å². The van der Waals surface area contributed by atoms with E-state index in [1.54, 1.807) is 0 Å². The first-order valence-electron chi connectivity index (χ1n) is 3.83. The number of nitrogens with one attached hydrogen (secondary N) is 1. The summed E-state index contributed by atoms with van der Waals surface area (Å²) < 4.78 is 0.625. The van der Waals surface area contributed by atoms with Gasteiger partial charge in [-0.2, -0.15) is 0 Å². The topological polar surface area (TPSA) is 49.9 Å². The Bertz CT molecular complexity index is 108. The molecule has 0 saturated heterocycles. The number of nitrogens with two attached hydrogens (primary N) is 1. The van der Waals surface area contributed by atoms with Gasteiger partial charge < -0.3 is 5.73 Å². The maximum absolute atomic E-state index is 7.35. The average Bonchev–Trinajstić information content (AvgIpc) is 1.92. The summed E-state index contributed by atoms with van der Waals surface area (Å²) in [6.07, 6.45) is 0. The quantitative estimate of drug-likeness (QED) is 0.343. The third-order valence-corrected chi connectivity index (χ3v) is 2.33. The van der Waals surface area contributed by atoms with Gasteiger partial charge in [0.15, 0.2) is 0 Å². The van der Waals surface area contributed by atoms with E-state index in [1.807, 2.05) is 0 Å². The smallest absolute Gasteiger partial charge is 0.292 e. The van der Waals surface area contributed by atoms with Gasteiger partial charge in [-0.3, -0.25) is 4.48 Å². The van der Waals surface area contributed by atoms with Crippen molar-refractivity contribution in [3.05, 3.63) is 0 Å². The van der Waals surface area contributed by atoms with Gasteiger partial charge in [-0.15, -0.1) is 0 Å². The van der Waals surface area contributed by atoms with Crippen LogP contribution in [0.4, 0.5) is 0 Å². The van der Waals surface area contributed by atoms with Crippen LogP contribution in [0.25, 0.3) is 0 Å². The van der Waals surface area contributed by atoms with Crippen LogP contribution < -0.4 is 5.73 Å². The number of hydrogen-bond acceptors (Lipinski definition) is 1. The van der Waals surface area contributed by atoms with Crippen molar-refractivity contribution in [2.24, 2.45) is 5.73 Å². The third kappa shape index (κ3) is 1.48. The number of rotatable bonds is 3. The summed E-state index contributed by atoms with van der Waals surface area (Å²) in [5, 5.41) is 7.35. The summed E-state index contributed by atoms with van der Waals surface area (Å²) >= 11 is 0. The second kappa shape index (κ2) is 3.56. The molecule has 3 heteroatoms. The average molecular weight is 144 g/mol. The normalized spacial score (nSPS) is 11.5. The molecule has 0 aromatic heterocycles. The second-order valence-electron chi connectivity index (χ2n) is 2.48. The predicted molar refractivity (Wildman–Crippen MR) is 43.8 cm³/mol. The number of nitrogens with zero attached hydrogens (tertiary/aromatic N) is 1. The first-order chi connectivity index (χ1) is 4.63. The van der Waals surface area contributed by atoms with Gasteiger partial charge >= 0.3 is 0 Å². The van der Waals surface area contributed by atoms with E-state index in [1.165, 1.54) is 0 Å². The van der Waals surface area contributed by atoms with Gasteiger partial charge in [-0.05, 0) is 20.8 Å². The molecule has 10 heavy (non-hydrogen) atoms. The monoisotopic (exact) mass is 144 g/mol. The fourth-order valence-corrected chi connectivity index (χ4v) is 1.18. The summed E-state index contributed by atoms with van der Waals surface area (Å²) in [6.45, 7) is 8.95. The van der Waals surface area contributed by atoms with Crippen LogP contribution >= 0.6 is 0 Å². The van der Waals surface area contributed by atoms with Crippen molar-refractivity contribution in [2.45, 2.75) is 20.8 Å². The molecule has 0 aliphatic rings. The molecule has 0 bridgehead atoms. The summed E-state index contributed by atoms with van der Waals surface area (Å²) in [4.78, 5) is 0. The zero-order valence-corrected chi connectivity index (χ0v) is 7.15. The fourth-order valence-electron chi connectivity index (χ4n) is 1.18. The van der Waals surface area contributed by atoms with Crippen molar-refractivity contribution in [1.82, 2.24) is 0 Å². The van der Waals surface area contributed by atoms with Gasteiger partial charge in [-0.25, -0.2) is 5.41 Å². The van der Waals surface area contributed by atoms with Crippen LogP contribution in [0.3, 0.4) is 0 Å². The molecule has 0 unspecified atom stereocenters. The van der Waals surface area contributed by atoms with Crippen LogP contribution in [-0.4, -0.2) is 30.1 Å². The Morgan fingerprint density at radius 1 is 1.20 bits per heavy atom. The van der Waals surface area contributed by atoms with Crippen molar-refractivity contribution < 1.29 is 4.48 Å². The Kier molecular flexibility index (Phi) is 3.36. The van der Waals surface area contributed by atoms with Gasteiger partial charge in [0.1, 0.15) is 0 Å². The molecule has 0 saturated carbocycles. The summed E-state index contributed by atoms with van der Waals surface area (Å²) in [5.74, 6) is 0.285. The molecule has 3 nitrogen and oxygen atoms in total. The zero-order valence-electron chi connectivity index (χ0n) is 7.15. The minimum Gasteiger partial charge on any atom is -0.338 e. The van der Waals surface area contributed by atoms with Gasteiger partial charge in [0.05, 0.1) is 19.6 Å². The summed E-state index contributed by atoms with van der Waals surface area (Å²) in [6, 6.07) is 0. The summed E-state index contributed by atoms with van der Waals surface area (Å²) in [5.41, 5.74) is 5.46. The minimum absolute atomic E-state index is 0.285. The Balaban J connectivity index is 4.31. The van der Waals surface area contributed by atoms with E-state index >= 15 is 0 Å². The Morgan fingerprint density at radius 3 is 1.50 bits per heavy atom. The highest BCUT2D eigenvalue weighted by Gasteiger charge is 2.24. The van der Waals surface area contributed by atoms with Crippen molar-refractivity contribution >= 4 is 5.96 Å². The molecular formula is C7H18N3+. The van der Waals surface area contributed by atoms with E-state index in [2.05, 4.69) is 20.8 Å². The lowest BCUT2D eigenvalue weighted by molar-refractivity contribution is -0.838. The van der Waals surface area contributed by atoms with Crippen LogP contribution in [-0.2, 0) is 0 Å². The Morgan fingerprint density at radius 2 is 1.50 bits per heavy atom.